The van der Waals surface area contributed by atoms with Crippen molar-refractivity contribution in [1.29, 1.82) is 0 Å². The second-order valence-electron chi connectivity index (χ2n) is 5.49. The molecule has 0 unspecified atom stereocenters. The molecule has 1 nitrogen and oxygen atoms in total. The zero-order chi connectivity index (χ0) is 11.9. The molecule has 3 rings (SSSR count). The molecule has 0 radical (unpaired) electrons. The van der Waals surface area contributed by atoms with E-state index in [2.05, 4.69) is 44.2 Å². The summed E-state index contributed by atoms with van der Waals surface area (Å²) >= 11 is 0.554. The molecule has 2 aliphatic rings. The first-order valence-electron chi connectivity index (χ1n) is 6.46. The third-order valence-corrected chi connectivity index (χ3v) is 7.29. The van der Waals surface area contributed by atoms with Crippen LogP contribution in [0.3, 0.4) is 0 Å². The fourth-order valence-corrected chi connectivity index (χ4v) is 5.86. The van der Waals surface area contributed by atoms with Gasteiger partial charge in [0.05, 0.1) is 0 Å². The Morgan fingerprint density at radius 3 is 2.82 bits per heavy atom. The first-order valence-corrected chi connectivity index (χ1v) is 8.17. The molecule has 3 atom stereocenters. The molecule has 0 saturated heterocycles. The van der Waals surface area contributed by atoms with Crippen molar-refractivity contribution in [3.05, 3.63) is 30.3 Å². The summed E-state index contributed by atoms with van der Waals surface area (Å²) in [6.07, 6.45) is 4.03. The molecule has 90 valence electrons. The molecule has 17 heavy (non-hydrogen) atoms. The van der Waals surface area contributed by atoms with Crippen LogP contribution in [0.15, 0.2) is 35.3 Å². The number of hydrogen-bond donors (Lipinski definition) is 0. The average molecular weight is 292 g/mol. The second-order valence-corrected chi connectivity index (χ2v) is 8.86. The van der Waals surface area contributed by atoms with Gasteiger partial charge in [0.15, 0.2) is 0 Å². The van der Waals surface area contributed by atoms with E-state index in [1.54, 1.807) is 0 Å². The molecule has 1 aliphatic carbocycles. The van der Waals surface area contributed by atoms with Gasteiger partial charge >= 0.3 is 110 Å². The van der Waals surface area contributed by atoms with Crippen LogP contribution in [0.2, 0.25) is 4.31 Å². The normalized spacial score (nSPS) is 35.8. The molecule has 1 fully saturated rings. The van der Waals surface area contributed by atoms with Crippen molar-refractivity contribution in [3.8, 4) is 0 Å². The van der Waals surface area contributed by atoms with Crippen LogP contribution in [0.5, 0.6) is 0 Å². The van der Waals surface area contributed by atoms with Crippen LogP contribution >= 0.6 is 0 Å². The minimum atomic E-state index is 0.447. The van der Waals surface area contributed by atoms with Crippen LogP contribution in [0.4, 0.5) is 0 Å². The number of benzene rings is 1. The molecule has 2 heteroatoms. The fraction of sp³-hybridized carbons (Fsp3) is 0.533. The minimum absolute atomic E-state index is 0.447. The van der Waals surface area contributed by atoms with Crippen LogP contribution < -0.4 is 4.46 Å². The van der Waals surface area contributed by atoms with Crippen LogP contribution in [0.25, 0.3) is 0 Å². The zero-order valence-corrected chi connectivity index (χ0v) is 12.2. The van der Waals surface area contributed by atoms with Gasteiger partial charge in [-0.15, -0.1) is 0 Å². The van der Waals surface area contributed by atoms with E-state index in [0.717, 1.165) is 5.92 Å². The molecule has 0 aromatic heterocycles. The summed E-state index contributed by atoms with van der Waals surface area (Å²) in [5.74, 6) is 0.805. The summed E-state index contributed by atoms with van der Waals surface area (Å²) < 4.78 is 1.98. The van der Waals surface area contributed by atoms with Crippen LogP contribution in [0, 0.1) is 5.92 Å². The molecule has 1 aromatic rings. The predicted molar refractivity (Wildman–Crippen MR) is 74.4 cm³/mol. The van der Waals surface area contributed by atoms with Gasteiger partial charge in [-0.3, -0.25) is 0 Å². The SMILES string of the molecule is CC1=N[C@H]2C[C@@H]1CC[C@]2(C)[Se]c1ccccc1. The van der Waals surface area contributed by atoms with E-state index >= 15 is 0 Å². The molecule has 1 aliphatic heterocycles. The van der Waals surface area contributed by atoms with E-state index in [-0.39, 0.29) is 0 Å². The van der Waals surface area contributed by atoms with Gasteiger partial charge in [-0.2, -0.15) is 0 Å². The van der Waals surface area contributed by atoms with Crippen molar-refractivity contribution >= 4 is 25.1 Å². The van der Waals surface area contributed by atoms with Crippen LogP contribution in [0.1, 0.15) is 33.1 Å². The number of nitrogens with zero attached hydrogens (tertiary/aromatic N) is 1. The topological polar surface area (TPSA) is 12.4 Å². The molecule has 0 spiro atoms. The first-order chi connectivity index (χ1) is 8.17. The maximum atomic E-state index is 4.93. The third-order valence-electron chi connectivity index (χ3n) is 4.25. The average Bonchev–Trinajstić information content (AvgIpc) is 2.65. The Morgan fingerprint density at radius 2 is 2.06 bits per heavy atom. The molecular weight excluding hydrogens is 273 g/mol. The van der Waals surface area contributed by atoms with Gasteiger partial charge in [-0.25, -0.2) is 0 Å². The molecule has 1 heterocycles. The van der Waals surface area contributed by atoms with E-state index in [1.807, 2.05) is 0 Å². The molecular formula is C15H19NSe. The van der Waals surface area contributed by atoms with E-state index in [0.29, 0.717) is 25.3 Å². The molecule has 1 aromatic carbocycles. The van der Waals surface area contributed by atoms with Gasteiger partial charge in [0, 0.05) is 0 Å². The first kappa shape index (κ1) is 11.5. The van der Waals surface area contributed by atoms with E-state index in [1.165, 1.54) is 29.4 Å². The summed E-state index contributed by atoms with van der Waals surface area (Å²) in [5, 5.41) is 0. The van der Waals surface area contributed by atoms with Gasteiger partial charge in [-0.05, 0) is 0 Å². The molecule has 0 amide bonds. The summed E-state index contributed by atoms with van der Waals surface area (Å²) in [5.41, 5.74) is 1.42. The summed E-state index contributed by atoms with van der Waals surface area (Å²) in [6.45, 7) is 4.69. The Hall–Kier alpha value is -0.591. The van der Waals surface area contributed by atoms with Crippen LogP contribution in [-0.4, -0.2) is 26.7 Å². The van der Waals surface area contributed by atoms with Crippen molar-refractivity contribution in [2.24, 2.45) is 10.9 Å². The molecule has 1 saturated carbocycles. The van der Waals surface area contributed by atoms with Gasteiger partial charge in [0.2, 0.25) is 0 Å². The van der Waals surface area contributed by atoms with E-state index < -0.39 is 0 Å². The Morgan fingerprint density at radius 1 is 1.29 bits per heavy atom. The Bertz CT molecular complexity index is 439. The Balaban J connectivity index is 1.82. The van der Waals surface area contributed by atoms with E-state index in [4.69, 9.17) is 4.99 Å². The van der Waals surface area contributed by atoms with E-state index in [9.17, 15) is 0 Å². The maximum absolute atomic E-state index is 4.93. The van der Waals surface area contributed by atoms with Crippen molar-refractivity contribution in [3.63, 3.8) is 0 Å². The third kappa shape index (κ3) is 2.09. The van der Waals surface area contributed by atoms with Gasteiger partial charge in [0.1, 0.15) is 0 Å². The van der Waals surface area contributed by atoms with Crippen molar-refractivity contribution in [2.75, 3.05) is 0 Å². The Labute approximate surface area is 110 Å². The zero-order valence-electron chi connectivity index (χ0n) is 10.5. The summed E-state index contributed by atoms with van der Waals surface area (Å²) in [7, 11) is 0. The number of hydrogen-bond acceptors (Lipinski definition) is 1. The standard InChI is InChI=1S/C15H19NSe/c1-11-12-8-9-15(2,14(10-12)16-11)17-13-6-4-3-5-7-13/h3-7,12,14H,8-10H2,1-2H3/t12-,14-,15-/m0/s1. The van der Waals surface area contributed by atoms with Crippen molar-refractivity contribution in [1.82, 2.24) is 0 Å². The monoisotopic (exact) mass is 293 g/mol. The quantitative estimate of drug-likeness (QED) is 0.743. The number of aliphatic imine (C=N–C) groups is 1. The fourth-order valence-electron chi connectivity index (χ4n) is 3.06. The number of rotatable bonds is 2. The van der Waals surface area contributed by atoms with Gasteiger partial charge < -0.3 is 0 Å². The Kier molecular flexibility index (Phi) is 2.88. The number of fused-ring (bicyclic) bond motifs is 2. The van der Waals surface area contributed by atoms with Crippen molar-refractivity contribution in [2.45, 2.75) is 43.5 Å². The second kappa shape index (κ2) is 4.26. The van der Waals surface area contributed by atoms with Gasteiger partial charge in [-0.1, -0.05) is 0 Å². The summed E-state index contributed by atoms with van der Waals surface area (Å²) in [4.78, 5) is 4.93. The van der Waals surface area contributed by atoms with Crippen molar-refractivity contribution < 1.29 is 0 Å². The summed E-state index contributed by atoms with van der Waals surface area (Å²) in [6, 6.07) is 11.6. The molecule has 0 N–H and O–H groups in total. The van der Waals surface area contributed by atoms with Gasteiger partial charge in [0.25, 0.3) is 0 Å². The molecule has 2 bridgehead atoms. The predicted octanol–water partition coefficient (Wildman–Crippen LogP) is 2.84. The van der Waals surface area contributed by atoms with Crippen LogP contribution in [-0.2, 0) is 0 Å².